The van der Waals surface area contributed by atoms with Gasteiger partial charge in [-0.1, -0.05) is 42.0 Å². The van der Waals surface area contributed by atoms with Gasteiger partial charge in [0.15, 0.2) is 0 Å². The molecule has 0 fully saturated rings. The quantitative estimate of drug-likeness (QED) is 0.758. The molecule has 0 saturated carbocycles. The van der Waals surface area contributed by atoms with E-state index >= 15 is 0 Å². The summed E-state index contributed by atoms with van der Waals surface area (Å²) in [5.74, 6) is 0.402. The standard InChI is InChI=1S/C15H16O/c1-10-5-4-6-13(9-10)14-8-7-11(2)15(16)12(14)3/h4-9,16H,1-3H3. The number of aryl methyl sites for hydroxylation is 2. The zero-order valence-corrected chi connectivity index (χ0v) is 9.91. The first kappa shape index (κ1) is 10.7. The molecule has 0 heterocycles. The maximum atomic E-state index is 9.92. The molecular formula is C15H16O. The first-order valence-corrected chi connectivity index (χ1v) is 5.46. The van der Waals surface area contributed by atoms with Gasteiger partial charge in [0.05, 0.1) is 0 Å². The topological polar surface area (TPSA) is 20.2 Å². The van der Waals surface area contributed by atoms with Crippen LogP contribution in [0.15, 0.2) is 36.4 Å². The number of benzene rings is 2. The van der Waals surface area contributed by atoms with Gasteiger partial charge >= 0.3 is 0 Å². The number of hydrogen-bond acceptors (Lipinski definition) is 1. The Bertz CT molecular complexity index is 527. The minimum Gasteiger partial charge on any atom is -0.507 e. The smallest absolute Gasteiger partial charge is 0.122 e. The van der Waals surface area contributed by atoms with Crippen molar-refractivity contribution in [3.05, 3.63) is 53.1 Å². The van der Waals surface area contributed by atoms with Crippen LogP contribution in [0, 0.1) is 20.8 Å². The van der Waals surface area contributed by atoms with Crippen LogP contribution in [0.4, 0.5) is 0 Å². The minimum absolute atomic E-state index is 0.402. The minimum atomic E-state index is 0.402. The summed E-state index contributed by atoms with van der Waals surface area (Å²) in [5.41, 5.74) is 5.37. The molecule has 0 amide bonds. The van der Waals surface area contributed by atoms with Crippen LogP contribution >= 0.6 is 0 Å². The average molecular weight is 212 g/mol. The summed E-state index contributed by atoms with van der Waals surface area (Å²) in [5, 5.41) is 9.92. The Morgan fingerprint density at radius 1 is 0.938 bits per heavy atom. The summed E-state index contributed by atoms with van der Waals surface area (Å²) < 4.78 is 0. The highest BCUT2D eigenvalue weighted by Gasteiger charge is 2.07. The van der Waals surface area contributed by atoms with E-state index in [9.17, 15) is 5.11 Å². The number of aromatic hydroxyl groups is 1. The second-order valence-corrected chi connectivity index (χ2v) is 4.27. The fourth-order valence-corrected chi connectivity index (χ4v) is 1.96. The lowest BCUT2D eigenvalue weighted by Gasteiger charge is -2.10. The third-order valence-electron chi connectivity index (χ3n) is 2.96. The van der Waals surface area contributed by atoms with Gasteiger partial charge in [-0.15, -0.1) is 0 Å². The van der Waals surface area contributed by atoms with Crippen molar-refractivity contribution >= 4 is 0 Å². The van der Waals surface area contributed by atoms with Gasteiger partial charge in [0.25, 0.3) is 0 Å². The van der Waals surface area contributed by atoms with Gasteiger partial charge in [0.2, 0.25) is 0 Å². The molecule has 0 radical (unpaired) electrons. The van der Waals surface area contributed by atoms with E-state index < -0.39 is 0 Å². The molecule has 0 aliphatic rings. The van der Waals surface area contributed by atoms with Gasteiger partial charge in [0, 0.05) is 0 Å². The molecule has 0 spiro atoms. The van der Waals surface area contributed by atoms with Crippen LogP contribution in [0.3, 0.4) is 0 Å². The molecule has 0 atom stereocenters. The van der Waals surface area contributed by atoms with E-state index in [4.69, 9.17) is 0 Å². The molecule has 0 aliphatic heterocycles. The van der Waals surface area contributed by atoms with E-state index in [0.29, 0.717) is 5.75 Å². The Morgan fingerprint density at radius 3 is 2.38 bits per heavy atom. The molecule has 1 heteroatoms. The van der Waals surface area contributed by atoms with E-state index in [-0.39, 0.29) is 0 Å². The van der Waals surface area contributed by atoms with E-state index in [1.807, 2.05) is 26.0 Å². The number of phenolic OH excluding ortho intramolecular Hbond substituents is 1. The summed E-state index contributed by atoms with van der Waals surface area (Å²) in [6.45, 7) is 5.95. The van der Waals surface area contributed by atoms with Crippen LogP contribution in [0.1, 0.15) is 16.7 Å². The molecular weight excluding hydrogens is 196 g/mol. The molecule has 1 nitrogen and oxygen atoms in total. The van der Waals surface area contributed by atoms with Gasteiger partial charge in [-0.05, 0) is 43.0 Å². The van der Waals surface area contributed by atoms with Crippen LogP contribution in [0.2, 0.25) is 0 Å². The second kappa shape index (κ2) is 4.01. The lowest BCUT2D eigenvalue weighted by molar-refractivity contribution is 0.467. The van der Waals surface area contributed by atoms with Crippen LogP contribution in [0.5, 0.6) is 5.75 Å². The van der Waals surface area contributed by atoms with Crippen molar-refractivity contribution in [2.75, 3.05) is 0 Å². The van der Waals surface area contributed by atoms with E-state index in [0.717, 1.165) is 22.3 Å². The largest absolute Gasteiger partial charge is 0.507 e. The van der Waals surface area contributed by atoms with Crippen molar-refractivity contribution in [2.24, 2.45) is 0 Å². The first-order chi connectivity index (χ1) is 7.59. The summed E-state index contributed by atoms with van der Waals surface area (Å²) >= 11 is 0. The monoisotopic (exact) mass is 212 g/mol. The highest BCUT2D eigenvalue weighted by molar-refractivity contribution is 5.71. The van der Waals surface area contributed by atoms with Crippen LogP contribution in [-0.4, -0.2) is 5.11 Å². The molecule has 1 N–H and O–H groups in total. The Kier molecular flexibility index (Phi) is 2.69. The maximum Gasteiger partial charge on any atom is 0.122 e. The molecule has 0 unspecified atom stereocenters. The van der Waals surface area contributed by atoms with Crippen molar-refractivity contribution < 1.29 is 5.11 Å². The molecule has 0 aromatic heterocycles. The molecule has 0 aliphatic carbocycles. The van der Waals surface area contributed by atoms with E-state index in [1.54, 1.807) is 0 Å². The fraction of sp³-hybridized carbons (Fsp3) is 0.200. The van der Waals surface area contributed by atoms with Gasteiger partial charge in [0.1, 0.15) is 5.75 Å². The maximum absolute atomic E-state index is 9.92. The second-order valence-electron chi connectivity index (χ2n) is 4.27. The number of phenols is 1. The summed E-state index contributed by atoms with van der Waals surface area (Å²) in [7, 11) is 0. The zero-order chi connectivity index (χ0) is 11.7. The third-order valence-corrected chi connectivity index (χ3v) is 2.96. The van der Waals surface area contributed by atoms with Crippen molar-refractivity contribution in [1.29, 1.82) is 0 Å². The van der Waals surface area contributed by atoms with Gasteiger partial charge in [-0.2, -0.15) is 0 Å². The summed E-state index contributed by atoms with van der Waals surface area (Å²) in [4.78, 5) is 0. The van der Waals surface area contributed by atoms with Crippen molar-refractivity contribution in [3.8, 4) is 16.9 Å². The molecule has 2 aromatic carbocycles. The van der Waals surface area contributed by atoms with E-state index in [1.165, 1.54) is 5.56 Å². The van der Waals surface area contributed by atoms with Crippen molar-refractivity contribution in [1.82, 2.24) is 0 Å². The summed E-state index contributed by atoms with van der Waals surface area (Å²) in [6.07, 6.45) is 0. The molecule has 16 heavy (non-hydrogen) atoms. The van der Waals surface area contributed by atoms with Crippen LogP contribution in [-0.2, 0) is 0 Å². The highest BCUT2D eigenvalue weighted by Crippen LogP contribution is 2.31. The van der Waals surface area contributed by atoms with Gasteiger partial charge in [-0.3, -0.25) is 0 Å². The molecule has 0 saturated heterocycles. The van der Waals surface area contributed by atoms with Gasteiger partial charge in [-0.25, -0.2) is 0 Å². The Hall–Kier alpha value is -1.76. The molecule has 0 bridgehead atoms. The highest BCUT2D eigenvalue weighted by atomic mass is 16.3. The Balaban J connectivity index is 2.61. The lowest BCUT2D eigenvalue weighted by atomic mass is 9.97. The predicted molar refractivity (Wildman–Crippen MR) is 67.8 cm³/mol. The average Bonchev–Trinajstić information content (AvgIpc) is 2.26. The SMILES string of the molecule is Cc1cccc(-c2ccc(C)c(O)c2C)c1. The normalized spacial score (nSPS) is 10.4. The molecule has 2 rings (SSSR count). The lowest BCUT2D eigenvalue weighted by Crippen LogP contribution is -1.87. The van der Waals surface area contributed by atoms with Crippen LogP contribution in [0.25, 0.3) is 11.1 Å². The predicted octanol–water partition coefficient (Wildman–Crippen LogP) is 3.98. The van der Waals surface area contributed by atoms with Crippen LogP contribution < -0.4 is 0 Å². The zero-order valence-electron chi connectivity index (χ0n) is 9.91. The number of hydrogen-bond donors (Lipinski definition) is 1. The Labute approximate surface area is 96.4 Å². The van der Waals surface area contributed by atoms with E-state index in [2.05, 4.69) is 31.2 Å². The number of rotatable bonds is 1. The fourth-order valence-electron chi connectivity index (χ4n) is 1.96. The third kappa shape index (κ3) is 1.81. The molecule has 2 aromatic rings. The Morgan fingerprint density at radius 2 is 1.69 bits per heavy atom. The molecule has 82 valence electrons. The first-order valence-electron chi connectivity index (χ1n) is 5.46. The van der Waals surface area contributed by atoms with Gasteiger partial charge < -0.3 is 5.11 Å². The summed E-state index contributed by atoms with van der Waals surface area (Å²) in [6, 6.07) is 12.4. The van der Waals surface area contributed by atoms with Crippen molar-refractivity contribution in [2.45, 2.75) is 20.8 Å². The van der Waals surface area contributed by atoms with Crippen molar-refractivity contribution in [3.63, 3.8) is 0 Å².